The maximum absolute atomic E-state index is 11.1. The van der Waals surface area contributed by atoms with Gasteiger partial charge in [-0.15, -0.1) is 0 Å². The average Bonchev–Trinajstić information content (AvgIpc) is 2.58. The average molecular weight is 257 g/mol. The first-order valence-electron chi connectivity index (χ1n) is 6.96. The summed E-state index contributed by atoms with van der Waals surface area (Å²) in [4.78, 5) is 0. The second kappa shape index (κ2) is 4.17. The van der Waals surface area contributed by atoms with E-state index in [4.69, 9.17) is 9.94 Å². The van der Waals surface area contributed by atoms with Gasteiger partial charge in [-0.25, -0.2) is 10.4 Å². The quantitative estimate of drug-likeness (QED) is 0.755. The molecule has 106 valence electrons. The second-order valence-corrected chi connectivity index (χ2v) is 7.60. The third-order valence-electron chi connectivity index (χ3n) is 5.94. The fraction of sp³-hybridized carbons (Fsp3) is 1.00. The molecule has 0 aliphatic heterocycles. The summed E-state index contributed by atoms with van der Waals surface area (Å²) in [6, 6.07) is 0. The molecule has 0 aromatic carbocycles. The molecule has 2 aliphatic rings. The van der Waals surface area contributed by atoms with Crippen molar-refractivity contribution in [1.29, 1.82) is 0 Å². The van der Waals surface area contributed by atoms with Crippen LogP contribution in [0.2, 0.25) is 0 Å². The fourth-order valence-corrected chi connectivity index (χ4v) is 3.75. The van der Waals surface area contributed by atoms with E-state index in [2.05, 4.69) is 20.8 Å². The van der Waals surface area contributed by atoms with Gasteiger partial charge >= 0.3 is 0 Å². The lowest BCUT2D eigenvalue weighted by Gasteiger charge is -2.40. The van der Waals surface area contributed by atoms with Crippen molar-refractivity contribution in [3.8, 4) is 0 Å². The molecule has 0 amide bonds. The van der Waals surface area contributed by atoms with Crippen LogP contribution < -0.4 is 5.23 Å². The highest BCUT2D eigenvalue weighted by atomic mass is 16.8. The highest BCUT2D eigenvalue weighted by Gasteiger charge is 2.62. The van der Waals surface area contributed by atoms with E-state index in [1.165, 1.54) is 12.8 Å². The number of hydrogen-bond acceptors (Lipinski definition) is 3. The van der Waals surface area contributed by atoms with Crippen LogP contribution >= 0.6 is 0 Å². The van der Waals surface area contributed by atoms with Crippen LogP contribution in [-0.2, 0) is 4.74 Å². The Kier molecular flexibility index (Phi) is 3.30. The first-order chi connectivity index (χ1) is 8.11. The van der Waals surface area contributed by atoms with Crippen molar-refractivity contribution in [3.63, 3.8) is 0 Å². The van der Waals surface area contributed by atoms with E-state index in [9.17, 15) is 5.21 Å². The van der Waals surface area contributed by atoms with Gasteiger partial charge in [-0.05, 0) is 49.9 Å². The summed E-state index contributed by atoms with van der Waals surface area (Å²) < 4.78 is 6.02. The minimum Gasteiger partial charge on any atom is -0.600 e. The van der Waals surface area contributed by atoms with Gasteiger partial charge in [-0.1, -0.05) is 20.8 Å². The third kappa shape index (κ3) is 1.90. The van der Waals surface area contributed by atoms with E-state index in [-0.39, 0.29) is 11.5 Å². The molecule has 0 heterocycles. The maximum atomic E-state index is 11.1. The van der Waals surface area contributed by atoms with Crippen molar-refractivity contribution in [2.24, 2.45) is 16.7 Å². The molecule has 0 aromatic heterocycles. The van der Waals surface area contributed by atoms with Crippen molar-refractivity contribution < 1.29 is 15.2 Å². The van der Waals surface area contributed by atoms with E-state index in [1.807, 2.05) is 0 Å². The molecule has 18 heavy (non-hydrogen) atoms. The van der Waals surface area contributed by atoms with Crippen LogP contribution in [0.25, 0.3) is 0 Å². The van der Waals surface area contributed by atoms with Gasteiger partial charge in [-0.3, -0.25) is 0 Å². The van der Waals surface area contributed by atoms with Crippen LogP contribution in [0.4, 0.5) is 0 Å². The molecule has 4 nitrogen and oxygen atoms in total. The first kappa shape index (κ1) is 14.3. The molecule has 0 saturated heterocycles. The lowest BCUT2D eigenvalue weighted by atomic mass is 9.70. The zero-order chi connectivity index (χ0) is 13.8. The summed E-state index contributed by atoms with van der Waals surface area (Å²) in [7, 11) is 0. The molecule has 0 spiro atoms. The molecule has 4 unspecified atom stereocenters. The van der Waals surface area contributed by atoms with Gasteiger partial charge in [0.1, 0.15) is 12.1 Å². The SMILES string of the molecule is CC(C)(COC1CC2CCC1(C)C2(C)C)[NH+]([O-])O. The zero-order valence-corrected chi connectivity index (χ0v) is 12.2. The van der Waals surface area contributed by atoms with Gasteiger partial charge in [0.25, 0.3) is 0 Å². The van der Waals surface area contributed by atoms with Crippen molar-refractivity contribution >= 4 is 0 Å². The van der Waals surface area contributed by atoms with Crippen LogP contribution in [-0.4, -0.2) is 23.5 Å². The summed E-state index contributed by atoms with van der Waals surface area (Å²) in [5.41, 5.74) is -0.250. The standard InChI is InChI=1S/C14H27NO3/c1-12(2,15(16)17)9-18-11-8-10-6-7-14(11,5)13(10,3)4/h10-11,15-16H,6-9H2,1-5H3. The zero-order valence-electron chi connectivity index (χ0n) is 12.2. The summed E-state index contributed by atoms with van der Waals surface area (Å²) in [5, 5.41) is 19.5. The number of hydrogen-bond donors (Lipinski definition) is 2. The van der Waals surface area contributed by atoms with E-state index in [1.54, 1.807) is 13.8 Å². The van der Waals surface area contributed by atoms with E-state index in [0.29, 0.717) is 12.0 Å². The Morgan fingerprint density at radius 1 is 1.39 bits per heavy atom. The number of hydroxylamine groups is 2. The molecule has 0 radical (unpaired) electrons. The molecule has 2 saturated carbocycles. The predicted octanol–water partition coefficient (Wildman–Crippen LogP) is 1.77. The van der Waals surface area contributed by atoms with Crippen molar-refractivity contribution in [2.75, 3.05) is 6.61 Å². The molecule has 0 aromatic rings. The fourth-order valence-electron chi connectivity index (χ4n) is 3.75. The molecule has 2 N–H and O–H groups in total. The molecular formula is C14H27NO3. The second-order valence-electron chi connectivity index (χ2n) is 7.60. The van der Waals surface area contributed by atoms with Gasteiger partial charge in [0.2, 0.25) is 0 Å². The van der Waals surface area contributed by atoms with Crippen molar-refractivity contribution in [1.82, 2.24) is 0 Å². The number of fused-ring (bicyclic) bond motifs is 2. The van der Waals surface area contributed by atoms with Gasteiger partial charge in [0.15, 0.2) is 0 Å². The topological polar surface area (TPSA) is 57.0 Å². The Balaban J connectivity index is 2.01. The summed E-state index contributed by atoms with van der Waals surface area (Å²) >= 11 is 0. The Labute approximate surface area is 110 Å². The van der Waals surface area contributed by atoms with E-state index >= 15 is 0 Å². The van der Waals surface area contributed by atoms with Crippen LogP contribution in [0.1, 0.15) is 53.9 Å². The number of rotatable bonds is 4. The molecule has 2 aliphatic carbocycles. The minimum atomic E-state index is -0.789. The van der Waals surface area contributed by atoms with Crippen LogP contribution in [0.5, 0.6) is 0 Å². The lowest BCUT2D eigenvalue weighted by molar-refractivity contribution is -1.09. The van der Waals surface area contributed by atoms with Crippen molar-refractivity contribution in [2.45, 2.75) is 65.5 Å². The van der Waals surface area contributed by atoms with Gasteiger partial charge in [0.05, 0.1) is 6.10 Å². The number of quaternary nitrogens is 1. The van der Waals surface area contributed by atoms with Crippen LogP contribution in [0, 0.1) is 22.0 Å². The number of nitrogens with one attached hydrogen (secondary N) is 1. The molecule has 4 heteroatoms. The molecular weight excluding hydrogens is 230 g/mol. The normalized spacial score (nSPS) is 40.2. The van der Waals surface area contributed by atoms with Gasteiger partial charge in [-0.2, -0.15) is 0 Å². The van der Waals surface area contributed by atoms with E-state index in [0.717, 1.165) is 12.3 Å². The summed E-state index contributed by atoms with van der Waals surface area (Å²) in [6.07, 6.45) is 3.83. The molecule has 2 rings (SSSR count). The lowest BCUT2D eigenvalue weighted by Crippen LogP contribution is -3.13. The Morgan fingerprint density at radius 3 is 2.39 bits per heavy atom. The largest absolute Gasteiger partial charge is 0.600 e. The first-order valence-corrected chi connectivity index (χ1v) is 6.96. The monoisotopic (exact) mass is 257 g/mol. The summed E-state index contributed by atoms with van der Waals surface area (Å²) in [6.45, 7) is 10.8. The maximum Gasteiger partial charge on any atom is 0.145 e. The Hall–Kier alpha value is -0.160. The summed E-state index contributed by atoms with van der Waals surface area (Å²) in [5.74, 6) is 0.737. The Morgan fingerprint density at radius 2 is 2.00 bits per heavy atom. The predicted molar refractivity (Wildman–Crippen MR) is 69.2 cm³/mol. The highest BCUT2D eigenvalue weighted by molar-refractivity contribution is 5.11. The Bertz CT molecular complexity index is 327. The molecule has 4 atom stereocenters. The van der Waals surface area contributed by atoms with Crippen molar-refractivity contribution in [3.05, 3.63) is 5.21 Å². The third-order valence-corrected chi connectivity index (χ3v) is 5.94. The van der Waals surface area contributed by atoms with Crippen LogP contribution in [0.15, 0.2) is 0 Å². The minimum absolute atomic E-state index is 0.215. The molecule has 2 fully saturated rings. The highest BCUT2D eigenvalue weighted by Crippen LogP contribution is 2.66. The van der Waals surface area contributed by atoms with Crippen LogP contribution in [0.3, 0.4) is 0 Å². The van der Waals surface area contributed by atoms with Gasteiger partial charge < -0.3 is 9.94 Å². The van der Waals surface area contributed by atoms with E-state index < -0.39 is 10.8 Å². The molecule has 2 bridgehead atoms. The van der Waals surface area contributed by atoms with Gasteiger partial charge in [0, 0.05) is 0 Å². The smallest absolute Gasteiger partial charge is 0.145 e. The number of ether oxygens (including phenoxy) is 1.